The fourth-order valence-corrected chi connectivity index (χ4v) is 4.44. The Hall–Kier alpha value is -3.19. The van der Waals surface area contributed by atoms with Crippen molar-refractivity contribution >= 4 is 41.2 Å². The summed E-state index contributed by atoms with van der Waals surface area (Å²) < 4.78 is 29.1. The van der Waals surface area contributed by atoms with Crippen molar-refractivity contribution in [3.8, 4) is 0 Å². The maximum Gasteiger partial charge on any atom is 0.303 e. The average Bonchev–Trinajstić information content (AvgIpc) is 3.13. The first-order chi connectivity index (χ1) is 15.7. The van der Waals surface area contributed by atoms with Gasteiger partial charge in [-0.05, 0) is 0 Å². The first-order valence-corrected chi connectivity index (χ1v) is 10.8. The van der Waals surface area contributed by atoms with E-state index in [9.17, 15) is 19.2 Å². The smallest absolute Gasteiger partial charge is 0.303 e. The van der Waals surface area contributed by atoms with Crippen LogP contribution in [0.1, 0.15) is 27.7 Å². The van der Waals surface area contributed by atoms with E-state index in [0.717, 1.165) is 11.8 Å². The van der Waals surface area contributed by atoms with Crippen molar-refractivity contribution in [2.45, 2.75) is 62.7 Å². The Morgan fingerprint density at radius 3 is 2.21 bits per heavy atom. The molecule has 1 aliphatic rings. The second-order valence-corrected chi connectivity index (χ2v) is 8.16. The number of aromatic nitrogens is 3. The lowest BCUT2D eigenvalue weighted by Crippen LogP contribution is -2.61. The zero-order valence-electron chi connectivity index (χ0n) is 18.3. The molecule has 1 aliphatic heterocycles. The first kappa shape index (κ1) is 24.5. The van der Waals surface area contributed by atoms with Crippen LogP contribution in [0.15, 0.2) is 29.9 Å². The molecule has 0 aliphatic carbocycles. The summed E-state index contributed by atoms with van der Waals surface area (Å²) in [5.41, 5.74) is -0.241. The Morgan fingerprint density at radius 1 is 0.939 bits per heavy atom. The van der Waals surface area contributed by atoms with E-state index in [2.05, 4.69) is 9.97 Å². The van der Waals surface area contributed by atoms with E-state index in [1.807, 2.05) is 0 Å². The average molecular weight is 481 g/mol. The van der Waals surface area contributed by atoms with Crippen molar-refractivity contribution in [3.63, 3.8) is 0 Å². The number of hydrogen-bond donors (Lipinski definition) is 0. The number of carbonyl (C=O) groups is 4. The van der Waals surface area contributed by atoms with Crippen LogP contribution in [0, 0.1) is 0 Å². The molecule has 3 heterocycles. The molecule has 0 bridgehead atoms. The number of hydrogen-bond acceptors (Lipinski definition) is 12. The van der Waals surface area contributed by atoms with Crippen LogP contribution in [-0.2, 0) is 42.9 Å². The number of rotatable bonds is 7. The minimum atomic E-state index is -1.23. The molecule has 13 heteroatoms. The van der Waals surface area contributed by atoms with E-state index in [1.54, 1.807) is 29.2 Å². The number of ether oxygens (including phenoxy) is 5. The lowest BCUT2D eigenvalue weighted by atomic mass is 9.99. The zero-order chi connectivity index (χ0) is 24.1. The summed E-state index contributed by atoms with van der Waals surface area (Å²) in [6, 6.07) is 0. The third kappa shape index (κ3) is 6.20. The second kappa shape index (κ2) is 10.6. The molecule has 2 aromatic heterocycles. The van der Waals surface area contributed by atoms with Crippen molar-refractivity contribution in [1.29, 1.82) is 0 Å². The summed E-state index contributed by atoms with van der Waals surface area (Å²) in [5, 5.41) is 0.480. The van der Waals surface area contributed by atoms with Crippen LogP contribution in [0.5, 0.6) is 0 Å². The molecule has 5 atom stereocenters. The second-order valence-electron chi connectivity index (χ2n) is 7.10. The lowest BCUT2D eigenvalue weighted by Gasteiger charge is -2.43. The third-order valence-electron chi connectivity index (χ3n) is 4.47. The van der Waals surface area contributed by atoms with Crippen molar-refractivity contribution in [2.75, 3.05) is 6.61 Å². The molecule has 0 aromatic carbocycles. The van der Waals surface area contributed by atoms with Gasteiger partial charge in [-0.15, -0.1) is 0 Å². The maximum absolute atomic E-state index is 11.9. The molecular formula is C20H23N3O9S. The van der Waals surface area contributed by atoms with Crippen LogP contribution >= 0.6 is 11.8 Å². The largest absolute Gasteiger partial charge is 0.463 e. The molecule has 3 rings (SSSR count). The fraction of sp³-hybridized carbons (Fsp3) is 0.500. The Bertz CT molecular complexity index is 1040. The van der Waals surface area contributed by atoms with E-state index in [-0.39, 0.29) is 6.61 Å². The minimum absolute atomic E-state index is 0.291. The number of thioether (sulfide) groups is 1. The molecule has 33 heavy (non-hydrogen) atoms. The van der Waals surface area contributed by atoms with Gasteiger partial charge in [0, 0.05) is 40.1 Å². The molecular weight excluding hydrogens is 458 g/mol. The minimum Gasteiger partial charge on any atom is -0.463 e. The number of esters is 4. The van der Waals surface area contributed by atoms with Gasteiger partial charge >= 0.3 is 23.9 Å². The monoisotopic (exact) mass is 481 g/mol. The van der Waals surface area contributed by atoms with Crippen LogP contribution < -0.4 is 0 Å². The van der Waals surface area contributed by atoms with E-state index in [4.69, 9.17) is 23.7 Å². The molecule has 0 saturated carbocycles. The van der Waals surface area contributed by atoms with Gasteiger partial charge < -0.3 is 23.7 Å². The highest BCUT2D eigenvalue weighted by Crippen LogP contribution is 2.37. The molecule has 1 fully saturated rings. The Balaban J connectivity index is 2.00. The first-order valence-electron chi connectivity index (χ1n) is 9.90. The summed E-state index contributed by atoms with van der Waals surface area (Å²) in [6.07, 6.45) is 1.87. The van der Waals surface area contributed by atoms with Crippen molar-refractivity contribution in [1.82, 2.24) is 14.4 Å². The normalized spacial score (nSPS) is 24.7. The van der Waals surface area contributed by atoms with Gasteiger partial charge in [-0.25, -0.2) is 4.98 Å². The van der Waals surface area contributed by atoms with Crippen LogP contribution in [-0.4, -0.2) is 74.7 Å². The van der Waals surface area contributed by atoms with Crippen LogP contribution in [0.2, 0.25) is 0 Å². The molecule has 2 aromatic rings. The van der Waals surface area contributed by atoms with Gasteiger partial charge in [0.25, 0.3) is 0 Å². The number of nitrogens with zero attached hydrogens (tertiary/aromatic N) is 3. The molecule has 1 saturated heterocycles. The van der Waals surface area contributed by atoms with Gasteiger partial charge in [0.05, 0.1) is 17.9 Å². The van der Waals surface area contributed by atoms with E-state index >= 15 is 0 Å². The summed E-state index contributed by atoms with van der Waals surface area (Å²) in [6.45, 7) is 4.45. The quantitative estimate of drug-likeness (QED) is 0.409. The van der Waals surface area contributed by atoms with E-state index < -0.39 is 53.7 Å². The molecule has 178 valence electrons. The number of imidazole rings is 1. The molecule has 0 N–H and O–H groups in total. The fourth-order valence-electron chi connectivity index (χ4n) is 3.30. The van der Waals surface area contributed by atoms with Crippen molar-refractivity contribution in [3.05, 3.63) is 24.8 Å². The summed E-state index contributed by atoms with van der Waals surface area (Å²) in [5.74, 6) is -2.62. The van der Waals surface area contributed by atoms with Gasteiger partial charge in [0.2, 0.25) is 0 Å². The SMILES string of the molecule is CC(=O)OC[C@@H]1O[C@@H](Sc2ncc3cnccn23)[C@@H](OC(C)=O)[C@@H](OC(C)=O)[C@@H]1OC(C)=O. The standard InChI is InChI=1S/C20H23N3O9S/c1-10(24)28-9-15-16(29-11(2)25)17(30-12(3)26)18(31-13(4)27)19(32-15)33-20-22-8-14-7-21-5-6-23(14)20/h5-8,15-19H,9H2,1-4H3/t15-,16+,17-,18-,19-/m0/s1. The predicted molar refractivity (Wildman–Crippen MR) is 111 cm³/mol. The van der Waals surface area contributed by atoms with Gasteiger partial charge in [-0.2, -0.15) is 0 Å². The zero-order valence-corrected chi connectivity index (χ0v) is 19.1. The van der Waals surface area contributed by atoms with Crippen molar-refractivity contribution in [2.24, 2.45) is 0 Å². The molecule has 0 radical (unpaired) electrons. The third-order valence-corrected chi connectivity index (χ3v) is 5.59. The maximum atomic E-state index is 11.9. The Labute approximate surface area is 192 Å². The molecule has 0 unspecified atom stereocenters. The van der Waals surface area contributed by atoms with Gasteiger partial charge in [0.1, 0.15) is 12.7 Å². The highest BCUT2D eigenvalue weighted by atomic mass is 32.2. The van der Waals surface area contributed by atoms with Gasteiger partial charge in [0.15, 0.2) is 28.9 Å². The number of carbonyl (C=O) groups excluding carboxylic acids is 4. The highest BCUT2D eigenvalue weighted by Gasteiger charge is 2.52. The van der Waals surface area contributed by atoms with Crippen LogP contribution in [0.4, 0.5) is 0 Å². The van der Waals surface area contributed by atoms with E-state index in [0.29, 0.717) is 10.7 Å². The predicted octanol–water partition coefficient (Wildman–Crippen LogP) is 0.904. The number of fused-ring (bicyclic) bond motifs is 1. The summed E-state index contributed by atoms with van der Waals surface area (Å²) in [7, 11) is 0. The van der Waals surface area contributed by atoms with Crippen molar-refractivity contribution < 1.29 is 42.9 Å². The van der Waals surface area contributed by atoms with E-state index in [1.165, 1.54) is 27.7 Å². The lowest BCUT2D eigenvalue weighted by molar-refractivity contribution is -0.237. The summed E-state index contributed by atoms with van der Waals surface area (Å²) >= 11 is 1.09. The Morgan fingerprint density at radius 2 is 1.58 bits per heavy atom. The van der Waals surface area contributed by atoms with Gasteiger partial charge in [-0.1, -0.05) is 11.8 Å². The summed E-state index contributed by atoms with van der Waals surface area (Å²) in [4.78, 5) is 55.3. The molecule has 0 spiro atoms. The molecule has 12 nitrogen and oxygen atoms in total. The topological polar surface area (TPSA) is 145 Å². The highest BCUT2D eigenvalue weighted by molar-refractivity contribution is 7.99. The van der Waals surface area contributed by atoms with Crippen LogP contribution in [0.25, 0.3) is 5.52 Å². The van der Waals surface area contributed by atoms with Gasteiger partial charge in [-0.3, -0.25) is 28.6 Å². The Kier molecular flexibility index (Phi) is 7.87. The van der Waals surface area contributed by atoms with Crippen LogP contribution in [0.3, 0.4) is 0 Å². The molecule has 0 amide bonds.